The monoisotopic (exact) mass is 408 g/mol. The molecule has 0 saturated carbocycles. The summed E-state index contributed by atoms with van der Waals surface area (Å²) in [6.07, 6.45) is 5.81. The molecule has 0 bridgehead atoms. The summed E-state index contributed by atoms with van der Waals surface area (Å²) in [5, 5.41) is 2.84. The van der Waals surface area contributed by atoms with Crippen LogP contribution in [0.4, 0.5) is 0 Å². The molecule has 1 atom stereocenters. The maximum absolute atomic E-state index is 12.4. The number of pyridine rings is 1. The summed E-state index contributed by atoms with van der Waals surface area (Å²) in [6, 6.07) is 12.0. The molecule has 1 aromatic carbocycles. The number of hydrogen-bond donors (Lipinski definition) is 1. The van der Waals surface area contributed by atoms with Crippen LogP contribution in [0.2, 0.25) is 0 Å². The van der Waals surface area contributed by atoms with Gasteiger partial charge < -0.3 is 14.5 Å². The number of benzene rings is 1. The number of rotatable bonds is 10. The number of nitrogens with one attached hydrogen (secondary N) is 1. The first-order chi connectivity index (χ1) is 14.6. The van der Waals surface area contributed by atoms with Crippen LogP contribution in [0.15, 0.2) is 59.5 Å². The number of amides is 1. The fourth-order valence-corrected chi connectivity index (χ4v) is 3.12. The molecule has 0 aliphatic carbocycles. The van der Waals surface area contributed by atoms with E-state index in [4.69, 9.17) is 9.15 Å². The quantitative estimate of drug-likeness (QED) is 0.549. The van der Waals surface area contributed by atoms with Crippen molar-refractivity contribution in [3.63, 3.8) is 0 Å². The highest BCUT2D eigenvalue weighted by molar-refractivity contribution is 5.91. The predicted octanol–water partition coefficient (Wildman–Crippen LogP) is 3.81. The zero-order valence-corrected chi connectivity index (χ0v) is 17.7. The first-order valence-corrected chi connectivity index (χ1v) is 10.1. The van der Waals surface area contributed by atoms with Crippen LogP contribution in [0.3, 0.4) is 0 Å². The molecule has 0 spiro atoms. The molecule has 158 valence electrons. The summed E-state index contributed by atoms with van der Waals surface area (Å²) in [7, 11) is 1.68. The first kappa shape index (κ1) is 21.5. The van der Waals surface area contributed by atoms with E-state index in [9.17, 15) is 4.79 Å². The number of carbonyl (C=O) groups is 1. The van der Waals surface area contributed by atoms with Gasteiger partial charge >= 0.3 is 0 Å². The van der Waals surface area contributed by atoms with E-state index in [0.717, 1.165) is 23.3 Å². The Bertz CT molecular complexity index is 942. The van der Waals surface area contributed by atoms with Gasteiger partial charge in [0.05, 0.1) is 13.7 Å². The van der Waals surface area contributed by atoms with Gasteiger partial charge in [0.15, 0.2) is 5.69 Å². The average Bonchev–Trinajstić information content (AvgIpc) is 3.26. The second kappa shape index (κ2) is 10.5. The molecule has 3 aromatic rings. The van der Waals surface area contributed by atoms with Crippen molar-refractivity contribution < 1.29 is 13.9 Å². The van der Waals surface area contributed by atoms with Crippen LogP contribution in [-0.2, 0) is 19.6 Å². The molecule has 1 unspecified atom stereocenters. The lowest BCUT2D eigenvalue weighted by Gasteiger charge is -2.27. The summed E-state index contributed by atoms with van der Waals surface area (Å²) in [4.78, 5) is 23.1. The van der Waals surface area contributed by atoms with Crippen molar-refractivity contribution in [1.29, 1.82) is 0 Å². The summed E-state index contributed by atoms with van der Waals surface area (Å²) in [5.74, 6) is 1.10. The lowest BCUT2D eigenvalue weighted by atomic mass is 10.1. The highest BCUT2D eigenvalue weighted by Gasteiger charge is 2.19. The Balaban J connectivity index is 1.65. The maximum atomic E-state index is 12.4. The smallest absolute Gasteiger partial charge is 0.273 e. The van der Waals surface area contributed by atoms with Crippen molar-refractivity contribution in [1.82, 2.24) is 20.2 Å². The molecule has 3 rings (SSSR count). The predicted molar refractivity (Wildman–Crippen MR) is 114 cm³/mol. The van der Waals surface area contributed by atoms with Crippen molar-refractivity contribution in [2.24, 2.45) is 0 Å². The van der Waals surface area contributed by atoms with E-state index >= 15 is 0 Å². The third kappa shape index (κ3) is 5.67. The van der Waals surface area contributed by atoms with Crippen molar-refractivity contribution in [2.75, 3.05) is 7.11 Å². The van der Waals surface area contributed by atoms with Gasteiger partial charge in [-0.25, -0.2) is 4.98 Å². The van der Waals surface area contributed by atoms with E-state index in [2.05, 4.69) is 40.1 Å². The molecule has 0 aliphatic heterocycles. The third-order valence-corrected chi connectivity index (χ3v) is 5.08. The lowest BCUT2D eigenvalue weighted by molar-refractivity contribution is 0.0945. The first-order valence-electron chi connectivity index (χ1n) is 10.1. The average molecular weight is 409 g/mol. The highest BCUT2D eigenvalue weighted by Crippen LogP contribution is 2.22. The summed E-state index contributed by atoms with van der Waals surface area (Å²) >= 11 is 0. The largest absolute Gasteiger partial charge is 0.496 e. The summed E-state index contributed by atoms with van der Waals surface area (Å²) in [6.45, 7) is 5.90. The van der Waals surface area contributed by atoms with Crippen LogP contribution in [0.5, 0.6) is 5.75 Å². The van der Waals surface area contributed by atoms with Crippen molar-refractivity contribution in [3.05, 3.63) is 77.8 Å². The second-order valence-corrected chi connectivity index (χ2v) is 7.14. The molecule has 7 heteroatoms. The molecule has 0 radical (unpaired) electrons. The number of methoxy groups -OCH3 is 1. The minimum absolute atomic E-state index is 0.270. The van der Waals surface area contributed by atoms with Crippen LogP contribution in [0.25, 0.3) is 0 Å². The van der Waals surface area contributed by atoms with Crippen LogP contribution in [0.1, 0.15) is 47.8 Å². The zero-order valence-electron chi connectivity index (χ0n) is 17.7. The van der Waals surface area contributed by atoms with E-state index < -0.39 is 0 Å². The van der Waals surface area contributed by atoms with Gasteiger partial charge in [0, 0.05) is 37.1 Å². The number of aromatic nitrogens is 2. The number of para-hydroxylation sites is 1. The summed E-state index contributed by atoms with van der Waals surface area (Å²) < 4.78 is 11.1. The number of ether oxygens (including phenoxy) is 1. The number of oxazole rings is 1. The van der Waals surface area contributed by atoms with E-state index in [1.165, 1.54) is 6.26 Å². The Labute approximate surface area is 177 Å². The van der Waals surface area contributed by atoms with Gasteiger partial charge in [-0.05, 0) is 31.0 Å². The van der Waals surface area contributed by atoms with E-state index in [1.807, 2.05) is 30.3 Å². The third-order valence-electron chi connectivity index (χ3n) is 5.08. The maximum Gasteiger partial charge on any atom is 0.273 e. The van der Waals surface area contributed by atoms with Gasteiger partial charge in [0.2, 0.25) is 5.89 Å². The number of nitrogens with zero attached hydrogens (tertiary/aromatic N) is 3. The minimum Gasteiger partial charge on any atom is -0.496 e. The van der Waals surface area contributed by atoms with E-state index in [-0.39, 0.29) is 11.6 Å². The van der Waals surface area contributed by atoms with Gasteiger partial charge in [-0.2, -0.15) is 0 Å². The van der Waals surface area contributed by atoms with Gasteiger partial charge in [0.25, 0.3) is 5.91 Å². The second-order valence-electron chi connectivity index (χ2n) is 7.14. The SMILES string of the molecule is CCC(C)N(Cc1nc(C(=O)NCc2cccnc2)co1)Cc1ccccc1OC. The number of carbonyl (C=O) groups excluding carboxylic acids is 1. The van der Waals surface area contributed by atoms with Crippen LogP contribution in [0, 0.1) is 0 Å². The highest BCUT2D eigenvalue weighted by atomic mass is 16.5. The normalized spacial score (nSPS) is 12.0. The van der Waals surface area contributed by atoms with E-state index in [1.54, 1.807) is 19.5 Å². The summed E-state index contributed by atoms with van der Waals surface area (Å²) in [5.41, 5.74) is 2.30. The van der Waals surface area contributed by atoms with Crippen molar-refractivity contribution in [3.8, 4) is 5.75 Å². The molecule has 0 saturated heterocycles. The van der Waals surface area contributed by atoms with Gasteiger partial charge in [-0.15, -0.1) is 0 Å². The standard InChI is InChI=1S/C23H28N4O3/c1-4-17(2)27(14-19-9-5-6-10-21(19)29-3)15-22-26-20(16-30-22)23(28)25-13-18-8-7-11-24-12-18/h5-12,16-17H,4,13-15H2,1-3H3,(H,25,28). The fourth-order valence-electron chi connectivity index (χ4n) is 3.12. The van der Waals surface area contributed by atoms with Crippen molar-refractivity contribution in [2.45, 2.75) is 45.9 Å². The topological polar surface area (TPSA) is 80.5 Å². The number of hydrogen-bond acceptors (Lipinski definition) is 6. The van der Waals surface area contributed by atoms with Gasteiger partial charge in [-0.1, -0.05) is 31.2 Å². The Hall–Kier alpha value is -3.19. The Morgan fingerprint density at radius 3 is 2.80 bits per heavy atom. The fraction of sp³-hybridized carbons (Fsp3) is 0.348. The molecule has 1 amide bonds. The molecule has 1 N–H and O–H groups in total. The molecule has 7 nitrogen and oxygen atoms in total. The molecule has 0 fully saturated rings. The molecular weight excluding hydrogens is 380 g/mol. The Kier molecular flexibility index (Phi) is 7.57. The van der Waals surface area contributed by atoms with Gasteiger partial charge in [-0.3, -0.25) is 14.7 Å². The molecule has 2 aromatic heterocycles. The van der Waals surface area contributed by atoms with Crippen LogP contribution >= 0.6 is 0 Å². The molecular formula is C23H28N4O3. The van der Waals surface area contributed by atoms with Crippen LogP contribution < -0.4 is 10.1 Å². The molecule has 30 heavy (non-hydrogen) atoms. The van der Waals surface area contributed by atoms with E-state index in [0.29, 0.717) is 31.6 Å². The molecule has 0 aliphatic rings. The van der Waals surface area contributed by atoms with Crippen LogP contribution in [-0.4, -0.2) is 33.9 Å². The van der Waals surface area contributed by atoms with Gasteiger partial charge in [0.1, 0.15) is 12.0 Å². The molecule has 2 heterocycles. The Morgan fingerprint density at radius 2 is 2.07 bits per heavy atom. The zero-order chi connectivity index (χ0) is 21.3. The van der Waals surface area contributed by atoms with Crippen molar-refractivity contribution >= 4 is 5.91 Å². The Morgan fingerprint density at radius 1 is 1.23 bits per heavy atom. The minimum atomic E-state index is -0.270. The lowest BCUT2D eigenvalue weighted by Crippen LogP contribution is -2.32.